The van der Waals surface area contributed by atoms with E-state index in [9.17, 15) is 14.3 Å². The van der Waals surface area contributed by atoms with Gasteiger partial charge in [0.1, 0.15) is 11.9 Å². The average Bonchev–Trinajstić information content (AvgIpc) is 2.91. The Bertz CT molecular complexity index is 1480. The Balaban J connectivity index is 1.47. The maximum Gasteiger partial charge on any atom is 0.251 e. The van der Waals surface area contributed by atoms with Gasteiger partial charge >= 0.3 is 0 Å². The second kappa shape index (κ2) is 11.6. The first-order chi connectivity index (χ1) is 18.2. The van der Waals surface area contributed by atoms with Gasteiger partial charge in [-0.25, -0.2) is 9.37 Å². The van der Waals surface area contributed by atoms with E-state index in [-0.39, 0.29) is 39.8 Å². The Hall–Kier alpha value is -4.01. The normalized spacial score (nSPS) is 11.6. The molecule has 0 spiro atoms. The molecule has 38 heavy (non-hydrogen) atoms. The van der Waals surface area contributed by atoms with Crippen LogP contribution in [0.15, 0.2) is 66.9 Å². The van der Waals surface area contributed by atoms with Crippen molar-refractivity contribution in [2.75, 3.05) is 12.8 Å². The highest BCUT2D eigenvalue weighted by molar-refractivity contribution is 6.36. The molecule has 1 atom stereocenters. The monoisotopic (exact) mass is 555 g/mol. The number of carbonyl (C=O) groups excluding carboxylic acids is 1. The summed E-state index contributed by atoms with van der Waals surface area (Å²) in [5.41, 5.74) is 9.03. The molecule has 0 saturated heterocycles. The summed E-state index contributed by atoms with van der Waals surface area (Å²) in [6.45, 7) is 1.94. The second-order valence-electron chi connectivity index (χ2n) is 8.39. The van der Waals surface area contributed by atoms with Crippen LogP contribution in [-0.4, -0.2) is 23.1 Å². The van der Waals surface area contributed by atoms with Crippen LogP contribution in [0.5, 0.6) is 17.2 Å². The lowest BCUT2D eigenvalue weighted by Crippen LogP contribution is -2.22. The van der Waals surface area contributed by atoms with Crippen LogP contribution in [-0.2, 0) is 6.54 Å². The summed E-state index contributed by atoms with van der Waals surface area (Å²) in [5, 5.41) is 12.7. The number of nitrogens with one attached hydrogen (secondary N) is 1. The highest BCUT2D eigenvalue weighted by Gasteiger charge is 2.20. The van der Waals surface area contributed by atoms with Crippen LogP contribution in [0.25, 0.3) is 11.1 Å². The molecule has 1 unspecified atom stereocenters. The van der Waals surface area contributed by atoms with Gasteiger partial charge in [0.25, 0.3) is 5.91 Å². The van der Waals surface area contributed by atoms with E-state index in [0.717, 1.165) is 11.1 Å². The van der Waals surface area contributed by atoms with Crippen molar-refractivity contribution in [2.45, 2.75) is 19.6 Å². The Morgan fingerprint density at radius 3 is 2.53 bits per heavy atom. The zero-order valence-electron chi connectivity index (χ0n) is 20.5. The minimum Gasteiger partial charge on any atom is -0.504 e. The number of nitrogens with zero attached hydrogens (tertiary/aromatic N) is 1. The third kappa shape index (κ3) is 5.93. The minimum absolute atomic E-state index is 0.0277. The molecule has 0 saturated carbocycles. The number of phenolic OH excluding ortho intramolecular Hbond substituents is 1. The molecule has 3 aromatic carbocycles. The highest BCUT2D eigenvalue weighted by Crippen LogP contribution is 2.37. The first-order valence-corrected chi connectivity index (χ1v) is 12.2. The summed E-state index contributed by atoms with van der Waals surface area (Å²) in [6, 6.07) is 16.1. The summed E-state index contributed by atoms with van der Waals surface area (Å²) in [4.78, 5) is 16.8. The van der Waals surface area contributed by atoms with Crippen LogP contribution in [0, 0.1) is 5.82 Å². The highest BCUT2D eigenvalue weighted by atomic mass is 35.5. The molecule has 0 aliphatic rings. The van der Waals surface area contributed by atoms with Crippen molar-refractivity contribution in [1.82, 2.24) is 10.3 Å². The topological polar surface area (TPSA) is 107 Å². The number of benzene rings is 3. The number of hydrogen-bond donors (Lipinski definition) is 3. The van der Waals surface area contributed by atoms with Gasteiger partial charge in [0, 0.05) is 34.5 Å². The van der Waals surface area contributed by atoms with E-state index in [4.69, 9.17) is 38.4 Å². The number of nitrogen functional groups attached to an aromatic ring is 1. The van der Waals surface area contributed by atoms with Crippen molar-refractivity contribution in [3.05, 3.63) is 99.4 Å². The van der Waals surface area contributed by atoms with Gasteiger partial charge in [0.15, 0.2) is 23.1 Å². The van der Waals surface area contributed by atoms with E-state index >= 15 is 0 Å². The van der Waals surface area contributed by atoms with Gasteiger partial charge in [-0.2, -0.15) is 0 Å². The van der Waals surface area contributed by atoms with Gasteiger partial charge in [0.05, 0.1) is 12.1 Å². The SMILES string of the molecule is COc1cc(CNC(=O)c2ccc(-c3cnc(N)c(OC(C)c4c(Cl)ccc(F)c4Cl)c3)cc2)ccc1O. The zero-order chi connectivity index (χ0) is 27.4. The number of ether oxygens (including phenoxy) is 2. The Labute approximate surface area is 228 Å². The van der Waals surface area contributed by atoms with Gasteiger partial charge in [-0.05, 0) is 60.5 Å². The van der Waals surface area contributed by atoms with Crippen molar-refractivity contribution < 1.29 is 23.8 Å². The third-order valence-electron chi connectivity index (χ3n) is 5.85. The number of aromatic hydroxyl groups is 1. The van der Waals surface area contributed by atoms with E-state index in [2.05, 4.69) is 10.3 Å². The number of halogens is 3. The number of pyridine rings is 1. The van der Waals surface area contributed by atoms with Gasteiger partial charge in [0.2, 0.25) is 0 Å². The average molecular weight is 556 g/mol. The lowest BCUT2D eigenvalue weighted by Gasteiger charge is -2.19. The van der Waals surface area contributed by atoms with Crippen molar-refractivity contribution in [3.8, 4) is 28.4 Å². The molecular formula is C28H24Cl2FN3O4. The molecule has 10 heteroatoms. The van der Waals surface area contributed by atoms with Crippen LogP contribution in [0.1, 0.15) is 34.5 Å². The molecule has 1 heterocycles. The standard InChI is InChI=1S/C28H24Cl2FN3O4/c1-15(25-20(29)8-9-21(31)26(25)30)38-24-12-19(14-33-27(24)32)17-4-6-18(7-5-17)28(36)34-13-16-3-10-22(35)23(11-16)37-2/h3-12,14-15,35H,13H2,1-2H3,(H2,32,33)(H,34,36). The van der Waals surface area contributed by atoms with E-state index in [1.54, 1.807) is 55.6 Å². The fraction of sp³-hybridized carbons (Fsp3) is 0.143. The molecule has 0 fully saturated rings. The quantitative estimate of drug-likeness (QED) is 0.212. The van der Waals surface area contributed by atoms with Crippen LogP contribution >= 0.6 is 23.2 Å². The molecule has 0 radical (unpaired) electrons. The number of methoxy groups -OCH3 is 1. The summed E-state index contributed by atoms with van der Waals surface area (Å²) in [5.74, 6) is -0.0874. The molecule has 196 valence electrons. The Kier molecular flexibility index (Phi) is 8.24. The van der Waals surface area contributed by atoms with Crippen molar-refractivity contribution in [3.63, 3.8) is 0 Å². The minimum atomic E-state index is -0.704. The van der Waals surface area contributed by atoms with Gasteiger partial charge in [-0.1, -0.05) is 41.4 Å². The van der Waals surface area contributed by atoms with Gasteiger partial charge in [-0.15, -0.1) is 0 Å². The first kappa shape index (κ1) is 27.0. The number of anilines is 1. The number of hydrogen-bond acceptors (Lipinski definition) is 6. The second-order valence-corrected chi connectivity index (χ2v) is 9.18. The molecule has 1 aromatic heterocycles. The number of carbonyl (C=O) groups is 1. The largest absolute Gasteiger partial charge is 0.504 e. The molecule has 0 bridgehead atoms. The lowest BCUT2D eigenvalue weighted by atomic mass is 10.0. The van der Waals surface area contributed by atoms with Crippen LogP contribution < -0.4 is 20.5 Å². The summed E-state index contributed by atoms with van der Waals surface area (Å²) in [7, 11) is 1.46. The van der Waals surface area contributed by atoms with Crippen molar-refractivity contribution in [1.29, 1.82) is 0 Å². The van der Waals surface area contributed by atoms with Gasteiger partial charge in [-0.3, -0.25) is 4.79 Å². The fourth-order valence-corrected chi connectivity index (χ4v) is 4.48. The van der Waals surface area contributed by atoms with Crippen molar-refractivity contribution in [2.24, 2.45) is 0 Å². The van der Waals surface area contributed by atoms with Crippen LogP contribution in [0.2, 0.25) is 10.0 Å². The fourth-order valence-electron chi connectivity index (χ4n) is 3.80. The molecule has 1 amide bonds. The smallest absolute Gasteiger partial charge is 0.251 e. The predicted molar refractivity (Wildman–Crippen MR) is 145 cm³/mol. The number of nitrogens with two attached hydrogens (primary N) is 1. The molecule has 0 aliphatic heterocycles. The van der Waals surface area contributed by atoms with E-state index in [1.165, 1.54) is 25.3 Å². The maximum absolute atomic E-state index is 14.0. The number of aromatic nitrogens is 1. The van der Waals surface area contributed by atoms with Gasteiger partial charge < -0.3 is 25.6 Å². The van der Waals surface area contributed by atoms with E-state index < -0.39 is 11.9 Å². The zero-order valence-corrected chi connectivity index (χ0v) is 22.0. The number of amides is 1. The third-order valence-corrected chi connectivity index (χ3v) is 6.56. The van der Waals surface area contributed by atoms with Crippen LogP contribution in [0.4, 0.5) is 10.2 Å². The number of phenols is 1. The predicted octanol–water partition coefficient (Wildman–Crippen LogP) is 6.56. The molecule has 4 rings (SSSR count). The number of rotatable bonds is 8. The Morgan fingerprint density at radius 2 is 1.82 bits per heavy atom. The first-order valence-electron chi connectivity index (χ1n) is 11.5. The Morgan fingerprint density at radius 1 is 1.08 bits per heavy atom. The van der Waals surface area contributed by atoms with Crippen LogP contribution in [0.3, 0.4) is 0 Å². The van der Waals surface area contributed by atoms with Crippen molar-refractivity contribution >= 4 is 34.9 Å². The summed E-state index contributed by atoms with van der Waals surface area (Å²) in [6.07, 6.45) is 0.882. The lowest BCUT2D eigenvalue weighted by molar-refractivity contribution is 0.0951. The molecule has 4 N–H and O–H groups in total. The molecular weight excluding hydrogens is 532 g/mol. The van der Waals surface area contributed by atoms with E-state index in [1.807, 2.05) is 0 Å². The van der Waals surface area contributed by atoms with E-state index in [0.29, 0.717) is 22.4 Å². The molecule has 4 aromatic rings. The summed E-state index contributed by atoms with van der Waals surface area (Å²) >= 11 is 12.3. The maximum atomic E-state index is 14.0. The molecule has 0 aliphatic carbocycles. The molecule has 7 nitrogen and oxygen atoms in total. The summed E-state index contributed by atoms with van der Waals surface area (Å²) < 4.78 is 25.0.